The number of benzene rings is 3. The highest BCUT2D eigenvalue weighted by molar-refractivity contribution is 7.81. The fraction of sp³-hybridized carbons (Fsp3) is 0.212. The molecule has 1 amide bonds. The summed E-state index contributed by atoms with van der Waals surface area (Å²) in [5.74, 6) is -0.539. The number of aryl methyl sites for hydroxylation is 3. The number of carbonyl (C=O) groups is 1. The quantitative estimate of drug-likeness (QED) is 0.194. The zero-order valence-corrected chi connectivity index (χ0v) is 23.8. The van der Waals surface area contributed by atoms with Crippen LogP contribution in [0.4, 0.5) is 5.69 Å². The van der Waals surface area contributed by atoms with Gasteiger partial charge in [-0.2, -0.15) is 0 Å². The van der Waals surface area contributed by atoms with E-state index in [2.05, 4.69) is 49.6 Å². The molecule has 0 bridgehead atoms. The zero-order chi connectivity index (χ0) is 28.2. The monoisotopic (exact) mass is 551 g/mol. The second-order valence-electron chi connectivity index (χ2n) is 9.90. The highest BCUT2D eigenvalue weighted by Crippen LogP contribution is 2.33. The molecule has 5 rings (SSSR count). The molecule has 5 aromatic rings. The molecule has 3 aromatic carbocycles. The first-order chi connectivity index (χ1) is 19.4. The van der Waals surface area contributed by atoms with E-state index in [1.807, 2.05) is 24.3 Å². The largest absolute Gasteiger partial charge is 0.325 e. The van der Waals surface area contributed by atoms with Crippen LogP contribution in [0.3, 0.4) is 0 Å². The van der Waals surface area contributed by atoms with Crippen molar-refractivity contribution in [2.45, 2.75) is 46.6 Å². The topological polar surface area (TPSA) is 75.4 Å². The van der Waals surface area contributed by atoms with Crippen LogP contribution in [0.5, 0.6) is 0 Å². The summed E-state index contributed by atoms with van der Waals surface area (Å²) in [6, 6.07) is 28.3. The maximum absolute atomic E-state index is 13.2. The lowest BCUT2D eigenvalue weighted by Gasteiger charge is -2.21. The van der Waals surface area contributed by atoms with Crippen molar-refractivity contribution in [2.75, 3.05) is 4.31 Å². The van der Waals surface area contributed by atoms with Gasteiger partial charge in [0.05, 0.1) is 5.69 Å². The lowest BCUT2D eigenvalue weighted by atomic mass is 10.0. The molecule has 0 fully saturated rings. The minimum Gasteiger partial charge on any atom is -0.325 e. The zero-order valence-electron chi connectivity index (χ0n) is 23.0. The molecule has 1 atom stereocenters. The number of hydrogen-bond acceptors (Lipinski definition) is 3. The molecule has 0 aliphatic rings. The maximum atomic E-state index is 13.2. The van der Waals surface area contributed by atoms with Crippen molar-refractivity contribution in [1.82, 2.24) is 9.55 Å². The number of rotatable bonds is 9. The molecular weight excluding hydrogens is 518 g/mol. The molecule has 2 heterocycles. The summed E-state index contributed by atoms with van der Waals surface area (Å²) in [4.78, 5) is 18.2. The summed E-state index contributed by atoms with van der Waals surface area (Å²) in [7, 11) is 0. The molecule has 1 unspecified atom stereocenters. The number of fused-ring (bicyclic) bond motifs is 1. The van der Waals surface area contributed by atoms with Gasteiger partial charge < -0.3 is 4.57 Å². The third kappa shape index (κ3) is 5.48. The van der Waals surface area contributed by atoms with Gasteiger partial charge in [-0.25, -0.2) is 13.5 Å². The number of hydrogen-bond donors (Lipinski definition) is 1. The Morgan fingerprint density at radius 3 is 2.33 bits per heavy atom. The summed E-state index contributed by atoms with van der Waals surface area (Å²) < 4.78 is 25.8. The Kier molecular flexibility index (Phi) is 8.24. The van der Waals surface area contributed by atoms with Crippen molar-refractivity contribution in [1.29, 1.82) is 0 Å². The number of pyridine rings is 1. The molecule has 0 saturated heterocycles. The van der Waals surface area contributed by atoms with E-state index in [0.29, 0.717) is 23.4 Å². The van der Waals surface area contributed by atoms with E-state index >= 15 is 0 Å². The molecule has 6 nitrogen and oxygen atoms in total. The van der Waals surface area contributed by atoms with Gasteiger partial charge in [0.25, 0.3) is 17.2 Å². The van der Waals surface area contributed by atoms with Gasteiger partial charge in [0.1, 0.15) is 5.65 Å². The van der Waals surface area contributed by atoms with E-state index in [0.717, 1.165) is 46.0 Å². The van der Waals surface area contributed by atoms with Gasteiger partial charge >= 0.3 is 0 Å². The standard InChI is InChI=1S/C33H33N3O3S/c1-4-11-28-21-30-23(3)20-27(5-2)34-32(30)35(28)22-24-16-18-25(19-17-24)29-14-9-10-15-31(29)36(40(38)39)33(37)26-12-7-6-8-13-26/h6-10,12-21H,4-5,11,22H2,1-3H3,(H,38,39). The van der Waals surface area contributed by atoms with Crippen LogP contribution in [-0.2, 0) is 30.7 Å². The maximum Gasteiger partial charge on any atom is 0.272 e. The predicted molar refractivity (Wildman–Crippen MR) is 163 cm³/mol. The van der Waals surface area contributed by atoms with E-state index in [1.54, 1.807) is 42.5 Å². The number of anilines is 1. The Hall–Kier alpha value is -4.07. The minimum absolute atomic E-state index is 0.340. The first-order valence-electron chi connectivity index (χ1n) is 13.6. The van der Waals surface area contributed by atoms with Crippen LogP contribution in [0.25, 0.3) is 22.2 Å². The van der Waals surface area contributed by atoms with Crippen LogP contribution < -0.4 is 4.31 Å². The third-order valence-electron chi connectivity index (χ3n) is 7.17. The predicted octanol–water partition coefficient (Wildman–Crippen LogP) is 7.36. The molecular formula is C33H33N3O3S. The van der Waals surface area contributed by atoms with Crippen molar-refractivity contribution < 1.29 is 13.6 Å². The van der Waals surface area contributed by atoms with Gasteiger partial charge in [0.15, 0.2) is 0 Å². The molecule has 0 saturated carbocycles. The fourth-order valence-corrected chi connectivity index (χ4v) is 5.72. The van der Waals surface area contributed by atoms with E-state index in [9.17, 15) is 13.6 Å². The minimum atomic E-state index is -2.54. The molecule has 0 aliphatic heterocycles. The number of carbonyl (C=O) groups excluding carboxylic acids is 1. The molecule has 2 aromatic heterocycles. The highest BCUT2D eigenvalue weighted by atomic mass is 32.2. The van der Waals surface area contributed by atoms with E-state index in [4.69, 9.17) is 4.98 Å². The molecule has 7 heteroatoms. The van der Waals surface area contributed by atoms with Crippen molar-refractivity contribution in [2.24, 2.45) is 0 Å². The lowest BCUT2D eigenvalue weighted by Crippen LogP contribution is -2.32. The van der Waals surface area contributed by atoms with E-state index in [1.165, 1.54) is 16.6 Å². The van der Waals surface area contributed by atoms with E-state index in [-0.39, 0.29) is 0 Å². The van der Waals surface area contributed by atoms with Gasteiger partial charge in [-0.1, -0.05) is 80.9 Å². The Labute approximate surface area is 237 Å². The number of para-hydroxylation sites is 1. The molecule has 0 aliphatic carbocycles. The Morgan fingerprint density at radius 1 is 0.950 bits per heavy atom. The molecule has 204 valence electrons. The van der Waals surface area contributed by atoms with Crippen molar-refractivity contribution >= 4 is 33.9 Å². The molecule has 0 spiro atoms. The number of amides is 1. The summed E-state index contributed by atoms with van der Waals surface area (Å²) in [5, 5.41) is 1.20. The SMILES string of the molecule is CCCc1cc2c(C)cc(CC)nc2n1Cc1ccc(-c2ccccc2N(C(=O)c2ccccc2)S(=O)O)cc1. The molecule has 1 N–H and O–H groups in total. The first kappa shape index (κ1) is 27.5. The van der Waals surface area contributed by atoms with Gasteiger partial charge in [-0.3, -0.25) is 9.35 Å². The molecule has 0 radical (unpaired) electrons. The number of nitrogens with zero attached hydrogens (tertiary/aromatic N) is 3. The average Bonchev–Trinajstić information content (AvgIpc) is 3.31. The van der Waals surface area contributed by atoms with Crippen LogP contribution >= 0.6 is 0 Å². The third-order valence-corrected chi connectivity index (χ3v) is 7.84. The summed E-state index contributed by atoms with van der Waals surface area (Å²) >= 11 is -2.54. The van der Waals surface area contributed by atoms with Gasteiger partial charge in [0.2, 0.25) is 0 Å². The van der Waals surface area contributed by atoms with Gasteiger partial charge in [-0.15, -0.1) is 0 Å². The van der Waals surface area contributed by atoms with Crippen molar-refractivity contribution in [3.8, 4) is 11.1 Å². The highest BCUT2D eigenvalue weighted by Gasteiger charge is 2.25. The van der Waals surface area contributed by atoms with Gasteiger partial charge in [-0.05, 0) is 66.8 Å². The van der Waals surface area contributed by atoms with Crippen molar-refractivity contribution in [3.05, 3.63) is 119 Å². The Morgan fingerprint density at radius 2 is 1.65 bits per heavy atom. The first-order valence-corrected chi connectivity index (χ1v) is 14.6. The van der Waals surface area contributed by atoms with Crippen molar-refractivity contribution in [3.63, 3.8) is 0 Å². The fourth-order valence-electron chi connectivity index (χ4n) is 5.15. The second kappa shape index (κ2) is 12.0. The number of aromatic nitrogens is 2. The summed E-state index contributed by atoms with van der Waals surface area (Å²) in [6.07, 6.45) is 2.92. The van der Waals surface area contributed by atoms with Crippen LogP contribution in [0, 0.1) is 6.92 Å². The second-order valence-corrected chi connectivity index (χ2v) is 10.7. The Balaban J connectivity index is 1.50. The van der Waals surface area contributed by atoms with Crippen LogP contribution in [0.1, 0.15) is 53.1 Å². The summed E-state index contributed by atoms with van der Waals surface area (Å²) in [5.41, 5.74) is 8.03. The molecule has 40 heavy (non-hydrogen) atoms. The van der Waals surface area contributed by atoms with Gasteiger partial charge in [0, 0.05) is 34.4 Å². The van der Waals surface area contributed by atoms with Crippen LogP contribution in [0.2, 0.25) is 0 Å². The lowest BCUT2D eigenvalue weighted by molar-refractivity contribution is 0.100. The Bertz CT molecular complexity index is 1680. The normalized spacial score (nSPS) is 12.0. The summed E-state index contributed by atoms with van der Waals surface area (Å²) in [6.45, 7) is 7.17. The van der Waals surface area contributed by atoms with Crippen LogP contribution in [-0.4, -0.2) is 24.2 Å². The van der Waals surface area contributed by atoms with E-state index < -0.39 is 17.2 Å². The average molecular weight is 552 g/mol. The van der Waals surface area contributed by atoms with Crippen LogP contribution in [0.15, 0.2) is 91.0 Å². The smallest absolute Gasteiger partial charge is 0.272 e.